The zero-order chi connectivity index (χ0) is 15.1. The van der Waals surface area contributed by atoms with Crippen LogP contribution in [-0.4, -0.2) is 27.0 Å². The third-order valence-corrected chi connectivity index (χ3v) is 3.08. The van der Waals surface area contributed by atoms with E-state index >= 15 is 0 Å². The lowest BCUT2D eigenvalue weighted by Gasteiger charge is -2.06. The summed E-state index contributed by atoms with van der Waals surface area (Å²) in [6.07, 6.45) is -4.16. The van der Waals surface area contributed by atoms with Gasteiger partial charge in [0.25, 0.3) is 5.78 Å². The molecule has 0 spiro atoms. The van der Waals surface area contributed by atoms with E-state index < -0.39 is 23.5 Å². The molecule has 4 nitrogen and oxygen atoms in total. The Morgan fingerprint density at radius 3 is 2.60 bits per heavy atom. The minimum atomic E-state index is -5.01. The van der Waals surface area contributed by atoms with Crippen LogP contribution in [-0.2, 0) is 0 Å². The Kier molecular flexibility index (Phi) is 3.63. The summed E-state index contributed by atoms with van der Waals surface area (Å²) in [5, 5.41) is 6.64. The zero-order valence-electron chi connectivity index (χ0n) is 9.87. The molecular formula is C11H6BrF4N3O. The lowest BCUT2D eigenvalue weighted by atomic mass is 10.2. The fourth-order valence-corrected chi connectivity index (χ4v) is 1.84. The highest BCUT2D eigenvalue weighted by Crippen LogP contribution is 2.24. The van der Waals surface area contributed by atoms with Crippen LogP contribution in [0.5, 0.6) is 0 Å². The van der Waals surface area contributed by atoms with Crippen molar-refractivity contribution in [2.75, 3.05) is 0 Å². The molecule has 2 rings (SSSR count). The molecule has 9 heteroatoms. The van der Waals surface area contributed by atoms with Gasteiger partial charge in [0.15, 0.2) is 5.69 Å². The van der Waals surface area contributed by atoms with Crippen molar-refractivity contribution in [3.8, 4) is 5.69 Å². The molecule has 0 aliphatic carbocycles. The van der Waals surface area contributed by atoms with Crippen molar-refractivity contribution in [2.45, 2.75) is 13.1 Å². The van der Waals surface area contributed by atoms with Crippen molar-refractivity contribution in [2.24, 2.45) is 0 Å². The van der Waals surface area contributed by atoms with Crippen molar-refractivity contribution >= 4 is 21.7 Å². The van der Waals surface area contributed by atoms with Crippen LogP contribution in [0, 0.1) is 12.7 Å². The number of Topliss-reactive ketones (excluding diaryl/α,β-unsaturated/α-hetero) is 1. The molecule has 0 saturated heterocycles. The second-order valence-electron chi connectivity index (χ2n) is 3.93. The van der Waals surface area contributed by atoms with Gasteiger partial charge in [-0.3, -0.25) is 4.79 Å². The Bertz CT molecular complexity index is 681. The number of hydrogen-bond donors (Lipinski definition) is 0. The largest absolute Gasteiger partial charge is 0.456 e. The topological polar surface area (TPSA) is 47.8 Å². The summed E-state index contributed by atoms with van der Waals surface area (Å²) in [5.41, 5.74) is -0.0778. The number of carbonyl (C=O) groups excluding carboxylic acids is 1. The maximum atomic E-state index is 13.3. The minimum absolute atomic E-state index is 0.122. The fraction of sp³-hybridized carbons (Fsp3) is 0.182. The highest BCUT2D eigenvalue weighted by Gasteiger charge is 2.41. The monoisotopic (exact) mass is 351 g/mol. The maximum absolute atomic E-state index is 13.3. The third-order valence-electron chi connectivity index (χ3n) is 2.47. The van der Waals surface area contributed by atoms with Gasteiger partial charge >= 0.3 is 6.18 Å². The van der Waals surface area contributed by atoms with E-state index in [1.165, 1.54) is 12.1 Å². The van der Waals surface area contributed by atoms with Gasteiger partial charge in [-0.05, 0) is 40.5 Å². The highest BCUT2D eigenvalue weighted by molar-refractivity contribution is 9.10. The van der Waals surface area contributed by atoms with Crippen LogP contribution >= 0.6 is 15.9 Å². The lowest BCUT2D eigenvalue weighted by molar-refractivity contribution is -0.0888. The highest BCUT2D eigenvalue weighted by atomic mass is 79.9. The molecule has 1 aromatic carbocycles. The molecule has 1 heterocycles. The standard InChI is InChI=1S/C11H6BrF4N3O/c1-5-2-7(13)6(12)3-9(5)19-4-8(17-18-19)10(20)11(14,15)16/h2-4H,1H3. The number of rotatable bonds is 2. The smallest absolute Gasteiger partial charge is 0.282 e. The van der Waals surface area contributed by atoms with Gasteiger partial charge in [-0.1, -0.05) is 5.21 Å². The first-order valence-electron chi connectivity index (χ1n) is 5.20. The molecule has 0 unspecified atom stereocenters. The van der Waals surface area contributed by atoms with E-state index in [4.69, 9.17) is 0 Å². The number of hydrogen-bond acceptors (Lipinski definition) is 3. The first kappa shape index (κ1) is 14.6. The molecule has 106 valence electrons. The normalized spacial score (nSPS) is 11.7. The van der Waals surface area contributed by atoms with Gasteiger partial charge in [-0.2, -0.15) is 13.2 Å². The summed E-state index contributed by atoms with van der Waals surface area (Å²) >= 11 is 2.96. The molecule has 0 radical (unpaired) electrons. The SMILES string of the molecule is Cc1cc(F)c(Br)cc1-n1cc(C(=O)C(F)(F)F)nn1. The van der Waals surface area contributed by atoms with Crippen LogP contribution in [0.2, 0.25) is 0 Å². The summed E-state index contributed by atoms with van der Waals surface area (Å²) < 4.78 is 51.2. The molecule has 0 fully saturated rings. The quantitative estimate of drug-likeness (QED) is 0.616. The Morgan fingerprint density at radius 1 is 1.35 bits per heavy atom. The molecule has 2 aromatic rings. The van der Waals surface area contributed by atoms with Crippen LogP contribution in [0.3, 0.4) is 0 Å². The van der Waals surface area contributed by atoms with E-state index in [-0.39, 0.29) is 4.47 Å². The van der Waals surface area contributed by atoms with Crippen molar-refractivity contribution in [3.05, 3.63) is 39.9 Å². The number of halogens is 5. The van der Waals surface area contributed by atoms with Gasteiger partial charge in [0.1, 0.15) is 5.82 Å². The first-order valence-corrected chi connectivity index (χ1v) is 5.99. The molecular weight excluding hydrogens is 346 g/mol. The molecule has 0 amide bonds. The number of aromatic nitrogens is 3. The summed E-state index contributed by atoms with van der Waals surface area (Å²) in [6, 6.07) is 2.52. The Hall–Kier alpha value is -1.77. The molecule has 20 heavy (non-hydrogen) atoms. The molecule has 0 N–H and O–H groups in total. The van der Waals surface area contributed by atoms with Crippen LogP contribution < -0.4 is 0 Å². The first-order chi connectivity index (χ1) is 9.20. The van der Waals surface area contributed by atoms with E-state index in [1.807, 2.05) is 0 Å². The van der Waals surface area contributed by atoms with E-state index in [0.29, 0.717) is 11.3 Å². The Balaban J connectivity index is 2.44. The average molecular weight is 352 g/mol. The van der Waals surface area contributed by atoms with Crippen molar-refractivity contribution in [1.29, 1.82) is 0 Å². The number of benzene rings is 1. The summed E-state index contributed by atoms with van der Waals surface area (Å²) in [5.74, 6) is -2.60. The van der Waals surface area contributed by atoms with E-state index in [1.54, 1.807) is 6.92 Å². The molecule has 1 aromatic heterocycles. The second kappa shape index (κ2) is 4.97. The number of alkyl halides is 3. The van der Waals surface area contributed by atoms with Crippen molar-refractivity contribution in [3.63, 3.8) is 0 Å². The van der Waals surface area contributed by atoms with Crippen molar-refractivity contribution < 1.29 is 22.4 Å². The van der Waals surface area contributed by atoms with E-state index in [0.717, 1.165) is 10.9 Å². The Morgan fingerprint density at radius 2 is 2.00 bits per heavy atom. The number of carbonyl (C=O) groups is 1. The molecule has 0 aliphatic rings. The van der Waals surface area contributed by atoms with Crippen LogP contribution in [0.25, 0.3) is 5.69 Å². The van der Waals surface area contributed by atoms with Gasteiger partial charge in [0, 0.05) is 0 Å². The molecule has 0 atom stereocenters. The van der Waals surface area contributed by atoms with Gasteiger partial charge in [-0.25, -0.2) is 9.07 Å². The van der Waals surface area contributed by atoms with Crippen LogP contribution in [0.4, 0.5) is 17.6 Å². The molecule has 0 bridgehead atoms. The van der Waals surface area contributed by atoms with Gasteiger partial charge in [0.05, 0.1) is 16.4 Å². The van der Waals surface area contributed by atoms with Crippen LogP contribution in [0.1, 0.15) is 16.1 Å². The molecule has 0 aliphatic heterocycles. The number of ketones is 1. The van der Waals surface area contributed by atoms with Gasteiger partial charge in [0.2, 0.25) is 0 Å². The minimum Gasteiger partial charge on any atom is -0.282 e. The lowest BCUT2D eigenvalue weighted by Crippen LogP contribution is -2.23. The van der Waals surface area contributed by atoms with Crippen LogP contribution in [0.15, 0.2) is 22.8 Å². The van der Waals surface area contributed by atoms with E-state index in [2.05, 4.69) is 26.2 Å². The number of nitrogens with zero attached hydrogens (tertiary/aromatic N) is 3. The van der Waals surface area contributed by atoms with Gasteiger partial charge < -0.3 is 0 Å². The van der Waals surface area contributed by atoms with Gasteiger partial charge in [-0.15, -0.1) is 5.10 Å². The summed E-state index contributed by atoms with van der Waals surface area (Å²) in [4.78, 5) is 11.0. The fourth-order valence-electron chi connectivity index (χ4n) is 1.51. The number of aryl methyl sites for hydroxylation is 1. The maximum Gasteiger partial charge on any atom is 0.456 e. The summed E-state index contributed by atoms with van der Waals surface area (Å²) in [6.45, 7) is 1.55. The zero-order valence-corrected chi connectivity index (χ0v) is 11.5. The third kappa shape index (κ3) is 2.72. The predicted molar refractivity (Wildman–Crippen MR) is 64.1 cm³/mol. The average Bonchev–Trinajstić information content (AvgIpc) is 2.80. The van der Waals surface area contributed by atoms with Crippen molar-refractivity contribution in [1.82, 2.24) is 15.0 Å². The van der Waals surface area contributed by atoms with E-state index in [9.17, 15) is 22.4 Å². The summed E-state index contributed by atoms with van der Waals surface area (Å²) in [7, 11) is 0. The molecule has 0 saturated carbocycles. The second-order valence-corrected chi connectivity index (χ2v) is 4.78. The predicted octanol–water partition coefficient (Wildman–Crippen LogP) is 3.22. The Labute approximate surface area is 118 Å².